The Balaban J connectivity index is 1.81. The van der Waals surface area contributed by atoms with Gasteiger partial charge in [0.15, 0.2) is 0 Å². The number of halogens is 5. The summed E-state index contributed by atoms with van der Waals surface area (Å²) < 4.78 is 52.7. The minimum atomic E-state index is -4.59. The molecule has 3 aromatic rings. The Morgan fingerprint density at radius 2 is 1.59 bits per heavy atom. The first kappa shape index (κ1) is 23.3. The van der Waals surface area contributed by atoms with Gasteiger partial charge in [-0.1, -0.05) is 41.9 Å². The van der Waals surface area contributed by atoms with Gasteiger partial charge in [0.25, 0.3) is 5.91 Å². The van der Waals surface area contributed by atoms with Crippen LogP contribution in [-0.2, 0) is 11.0 Å². The number of carbonyl (C=O) groups excluding carboxylic acids is 2. The molecule has 1 unspecified atom stereocenters. The van der Waals surface area contributed by atoms with Gasteiger partial charge in [0, 0.05) is 10.6 Å². The molecule has 0 heterocycles. The summed E-state index contributed by atoms with van der Waals surface area (Å²) in [6.45, 7) is -0.448. The molecular formula is C23H17ClF4N2O2. The molecule has 0 bridgehead atoms. The van der Waals surface area contributed by atoms with Crippen LogP contribution in [0.3, 0.4) is 0 Å². The van der Waals surface area contributed by atoms with Crippen molar-refractivity contribution >= 4 is 23.4 Å². The highest BCUT2D eigenvalue weighted by atomic mass is 35.5. The molecular weight excluding hydrogens is 448 g/mol. The zero-order valence-electron chi connectivity index (χ0n) is 16.4. The van der Waals surface area contributed by atoms with E-state index in [0.717, 1.165) is 30.3 Å². The van der Waals surface area contributed by atoms with E-state index in [0.29, 0.717) is 5.56 Å². The number of hydrogen-bond acceptors (Lipinski definition) is 2. The van der Waals surface area contributed by atoms with Gasteiger partial charge in [0.2, 0.25) is 5.91 Å². The summed E-state index contributed by atoms with van der Waals surface area (Å²) in [5.74, 6) is -1.76. The van der Waals surface area contributed by atoms with Crippen LogP contribution in [-0.4, -0.2) is 18.4 Å². The Labute approximate surface area is 186 Å². The lowest BCUT2D eigenvalue weighted by atomic mass is 9.96. The molecule has 0 saturated heterocycles. The van der Waals surface area contributed by atoms with Crippen LogP contribution >= 0.6 is 11.6 Å². The van der Waals surface area contributed by atoms with Crippen LogP contribution in [0.1, 0.15) is 33.1 Å². The number of alkyl halides is 3. The van der Waals surface area contributed by atoms with Crippen molar-refractivity contribution in [1.82, 2.24) is 10.6 Å². The summed E-state index contributed by atoms with van der Waals surface area (Å²) in [6.07, 6.45) is -4.59. The molecule has 32 heavy (non-hydrogen) atoms. The number of hydrogen-bond donors (Lipinski definition) is 2. The first-order valence-electron chi connectivity index (χ1n) is 9.40. The lowest BCUT2D eigenvalue weighted by Gasteiger charge is -2.22. The highest BCUT2D eigenvalue weighted by Crippen LogP contribution is 2.35. The highest BCUT2D eigenvalue weighted by molar-refractivity contribution is 6.31. The second-order valence-corrected chi connectivity index (χ2v) is 7.24. The Kier molecular flexibility index (Phi) is 7.15. The number of amides is 2. The van der Waals surface area contributed by atoms with Gasteiger partial charge in [-0.3, -0.25) is 9.59 Å². The molecule has 0 aliphatic heterocycles. The predicted octanol–water partition coefficient (Wildman–Crippen LogP) is 5.13. The van der Waals surface area contributed by atoms with Gasteiger partial charge in [0.05, 0.1) is 18.2 Å². The van der Waals surface area contributed by atoms with Crippen LogP contribution < -0.4 is 10.6 Å². The van der Waals surface area contributed by atoms with E-state index in [2.05, 4.69) is 10.6 Å². The first-order valence-corrected chi connectivity index (χ1v) is 9.77. The maximum absolute atomic E-state index is 13.2. The molecule has 2 amide bonds. The second-order valence-electron chi connectivity index (χ2n) is 6.83. The maximum Gasteiger partial charge on any atom is 0.416 e. The molecule has 2 N–H and O–H groups in total. The Morgan fingerprint density at radius 3 is 2.22 bits per heavy atom. The van der Waals surface area contributed by atoms with E-state index in [-0.39, 0.29) is 16.1 Å². The highest BCUT2D eigenvalue weighted by Gasteiger charge is 2.32. The summed E-state index contributed by atoms with van der Waals surface area (Å²) in [7, 11) is 0. The number of nitrogens with one attached hydrogen (secondary N) is 2. The van der Waals surface area contributed by atoms with E-state index in [9.17, 15) is 27.2 Å². The van der Waals surface area contributed by atoms with Crippen LogP contribution in [0.25, 0.3) is 0 Å². The summed E-state index contributed by atoms with van der Waals surface area (Å²) in [6, 6.07) is 15.0. The second kappa shape index (κ2) is 9.82. The van der Waals surface area contributed by atoms with Crippen LogP contribution in [0.5, 0.6) is 0 Å². The summed E-state index contributed by atoms with van der Waals surface area (Å²) >= 11 is 6.18. The van der Waals surface area contributed by atoms with Gasteiger partial charge in [0.1, 0.15) is 5.82 Å². The number of carbonyl (C=O) groups is 2. The monoisotopic (exact) mass is 464 g/mol. The zero-order chi connectivity index (χ0) is 23.3. The Morgan fingerprint density at radius 1 is 0.938 bits per heavy atom. The molecule has 0 aliphatic carbocycles. The molecule has 0 saturated carbocycles. The third-order valence-corrected chi connectivity index (χ3v) is 4.93. The molecule has 4 nitrogen and oxygen atoms in total. The molecule has 0 aliphatic rings. The number of rotatable bonds is 6. The van der Waals surface area contributed by atoms with Crippen LogP contribution in [0.15, 0.2) is 72.8 Å². The van der Waals surface area contributed by atoms with Gasteiger partial charge < -0.3 is 10.6 Å². The van der Waals surface area contributed by atoms with Crippen molar-refractivity contribution in [3.05, 3.63) is 106 Å². The van der Waals surface area contributed by atoms with Crippen molar-refractivity contribution in [3.8, 4) is 0 Å². The quantitative estimate of drug-likeness (QED) is 0.497. The van der Waals surface area contributed by atoms with Gasteiger partial charge in [-0.25, -0.2) is 4.39 Å². The van der Waals surface area contributed by atoms with Crippen molar-refractivity contribution in [1.29, 1.82) is 0 Å². The third-order valence-electron chi connectivity index (χ3n) is 4.59. The summed E-state index contributed by atoms with van der Waals surface area (Å²) in [5, 5.41) is 5.05. The van der Waals surface area contributed by atoms with Gasteiger partial charge in [-0.05, 0) is 53.6 Å². The summed E-state index contributed by atoms with van der Waals surface area (Å²) in [5.41, 5.74) is -0.186. The van der Waals surface area contributed by atoms with E-state index < -0.39 is 42.0 Å². The largest absolute Gasteiger partial charge is 0.416 e. The molecule has 3 rings (SSSR count). The molecule has 3 aromatic carbocycles. The first-order chi connectivity index (χ1) is 15.1. The van der Waals surface area contributed by atoms with Crippen molar-refractivity contribution in [3.63, 3.8) is 0 Å². The van der Waals surface area contributed by atoms with E-state index >= 15 is 0 Å². The van der Waals surface area contributed by atoms with E-state index in [1.54, 1.807) is 30.3 Å². The fourth-order valence-corrected chi connectivity index (χ4v) is 3.23. The minimum absolute atomic E-state index is 0.0440. The molecule has 166 valence electrons. The normalized spacial score (nSPS) is 12.2. The molecule has 0 fully saturated rings. The van der Waals surface area contributed by atoms with E-state index in [1.165, 1.54) is 12.1 Å². The maximum atomic E-state index is 13.2. The minimum Gasteiger partial charge on any atom is -0.344 e. The molecule has 0 radical (unpaired) electrons. The van der Waals surface area contributed by atoms with Crippen molar-refractivity contribution in [2.45, 2.75) is 12.2 Å². The van der Waals surface area contributed by atoms with Crippen molar-refractivity contribution in [2.24, 2.45) is 0 Å². The number of benzene rings is 3. The predicted molar refractivity (Wildman–Crippen MR) is 112 cm³/mol. The van der Waals surface area contributed by atoms with Crippen molar-refractivity contribution < 1.29 is 27.2 Å². The Hall–Kier alpha value is -3.39. The van der Waals surface area contributed by atoms with Gasteiger partial charge in [-0.15, -0.1) is 0 Å². The fraction of sp³-hybridized carbons (Fsp3) is 0.130. The van der Waals surface area contributed by atoms with E-state index in [4.69, 9.17) is 11.6 Å². The molecule has 9 heteroatoms. The lowest BCUT2D eigenvalue weighted by Crippen LogP contribution is -2.39. The fourth-order valence-electron chi connectivity index (χ4n) is 3.00. The smallest absolute Gasteiger partial charge is 0.344 e. The average Bonchev–Trinajstić information content (AvgIpc) is 2.76. The van der Waals surface area contributed by atoms with Crippen molar-refractivity contribution in [2.75, 3.05) is 6.54 Å². The van der Waals surface area contributed by atoms with Crippen LogP contribution in [0, 0.1) is 5.82 Å². The third kappa shape index (κ3) is 5.85. The molecule has 0 aromatic heterocycles. The topological polar surface area (TPSA) is 58.2 Å². The molecule has 1 atom stereocenters. The SMILES string of the molecule is O=C(CNC(=O)c1ccc(F)cc1)NC(c1ccccc1)c1cc(C(F)(F)F)ccc1Cl. The van der Waals surface area contributed by atoms with Crippen LogP contribution in [0.2, 0.25) is 5.02 Å². The molecule has 0 spiro atoms. The summed E-state index contributed by atoms with van der Waals surface area (Å²) in [4.78, 5) is 24.7. The lowest BCUT2D eigenvalue weighted by molar-refractivity contribution is -0.137. The van der Waals surface area contributed by atoms with Crippen LogP contribution in [0.4, 0.5) is 17.6 Å². The van der Waals surface area contributed by atoms with Gasteiger partial charge in [-0.2, -0.15) is 13.2 Å². The van der Waals surface area contributed by atoms with Gasteiger partial charge >= 0.3 is 6.18 Å². The average molecular weight is 465 g/mol. The Bertz CT molecular complexity index is 1100. The van der Waals surface area contributed by atoms with E-state index in [1.807, 2.05) is 0 Å². The standard InChI is InChI=1S/C23H17ClF4N2O2/c24-19-11-8-16(23(26,27)28)12-18(19)21(14-4-2-1-3-5-14)30-20(31)13-29-22(32)15-6-9-17(25)10-7-15/h1-12,21H,13H2,(H,29,32)(H,30,31). The zero-order valence-corrected chi connectivity index (χ0v) is 17.2.